The molecular formula is C23H22N4O4S. The lowest BCUT2D eigenvalue weighted by Gasteiger charge is -2.07. The molecule has 0 radical (unpaired) electrons. The molecule has 32 heavy (non-hydrogen) atoms. The minimum Gasteiger partial charge on any atom is -0.462 e. The number of rotatable bonds is 4. The fourth-order valence-electron chi connectivity index (χ4n) is 3.44. The SMILES string of the molecule is CCOC(=O)c1cccc(N=C2SC(=Cc3ccc4c(c3)n(C)c(=O)n4C)C(=O)N2C)c1. The van der Waals surface area contributed by atoms with Gasteiger partial charge in [-0.15, -0.1) is 0 Å². The maximum absolute atomic E-state index is 12.8. The summed E-state index contributed by atoms with van der Waals surface area (Å²) >= 11 is 1.26. The van der Waals surface area contributed by atoms with Gasteiger partial charge in [0.15, 0.2) is 5.17 Å². The molecule has 0 saturated carbocycles. The molecule has 1 aliphatic rings. The molecule has 0 unspecified atom stereocenters. The minimum absolute atomic E-state index is 0.102. The number of amides is 1. The average molecular weight is 451 g/mol. The molecule has 3 aromatic rings. The Kier molecular flexibility index (Phi) is 5.75. The van der Waals surface area contributed by atoms with Crippen molar-refractivity contribution in [3.05, 3.63) is 69.0 Å². The fraction of sp³-hybridized carbons (Fsp3) is 0.217. The van der Waals surface area contributed by atoms with Crippen molar-refractivity contribution in [2.75, 3.05) is 13.7 Å². The number of hydrogen-bond acceptors (Lipinski definition) is 6. The number of benzene rings is 2. The van der Waals surface area contributed by atoms with E-state index in [0.29, 0.717) is 27.9 Å². The maximum Gasteiger partial charge on any atom is 0.338 e. The number of aryl methyl sites for hydroxylation is 2. The van der Waals surface area contributed by atoms with Crippen LogP contribution in [-0.4, -0.2) is 44.7 Å². The van der Waals surface area contributed by atoms with Crippen molar-refractivity contribution in [2.24, 2.45) is 19.1 Å². The van der Waals surface area contributed by atoms with Crippen LogP contribution in [0.15, 0.2) is 57.2 Å². The van der Waals surface area contributed by atoms with Gasteiger partial charge in [0.1, 0.15) is 0 Å². The maximum atomic E-state index is 12.8. The number of aromatic nitrogens is 2. The number of hydrogen-bond donors (Lipinski definition) is 0. The van der Waals surface area contributed by atoms with Crippen LogP contribution in [0.3, 0.4) is 0 Å². The van der Waals surface area contributed by atoms with Crippen LogP contribution in [0, 0.1) is 0 Å². The summed E-state index contributed by atoms with van der Waals surface area (Å²) in [7, 11) is 5.11. The van der Waals surface area contributed by atoms with E-state index in [2.05, 4.69) is 4.99 Å². The number of aliphatic imine (C=N–C) groups is 1. The van der Waals surface area contributed by atoms with Crippen LogP contribution in [-0.2, 0) is 23.6 Å². The number of likely N-dealkylation sites (N-methyl/N-ethyl adjacent to an activating group) is 1. The van der Waals surface area contributed by atoms with Gasteiger partial charge in [-0.2, -0.15) is 0 Å². The first-order chi connectivity index (χ1) is 15.3. The molecule has 2 heterocycles. The van der Waals surface area contributed by atoms with Gasteiger partial charge < -0.3 is 4.74 Å². The Hall–Kier alpha value is -3.59. The number of carbonyl (C=O) groups is 2. The highest BCUT2D eigenvalue weighted by molar-refractivity contribution is 8.18. The second-order valence-electron chi connectivity index (χ2n) is 7.29. The quantitative estimate of drug-likeness (QED) is 0.450. The average Bonchev–Trinajstić information content (AvgIpc) is 3.17. The van der Waals surface area contributed by atoms with Crippen LogP contribution < -0.4 is 5.69 Å². The Morgan fingerprint density at radius 1 is 1.06 bits per heavy atom. The molecule has 1 amide bonds. The van der Waals surface area contributed by atoms with Crippen molar-refractivity contribution in [1.82, 2.24) is 14.0 Å². The van der Waals surface area contributed by atoms with E-state index in [-0.39, 0.29) is 11.6 Å². The van der Waals surface area contributed by atoms with E-state index in [9.17, 15) is 14.4 Å². The van der Waals surface area contributed by atoms with E-state index in [1.165, 1.54) is 16.7 Å². The lowest BCUT2D eigenvalue weighted by molar-refractivity contribution is -0.121. The van der Waals surface area contributed by atoms with E-state index in [1.807, 2.05) is 18.2 Å². The Bertz CT molecular complexity index is 1370. The van der Waals surface area contributed by atoms with E-state index in [0.717, 1.165) is 16.6 Å². The van der Waals surface area contributed by atoms with Crippen LogP contribution >= 0.6 is 11.8 Å². The number of imidazole rings is 1. The molecule has 0 aliphatic carbocycles. The Labute approximate surface area is 188 Å². The number of ether oxygens (including phenoxy) is 1. The van der Waals surface area contributed by atoms with E-state index >= 15 is 0 Å². The first-order valence-corrected chi connectivity index (χ1v) is 10.8. The van der Waals surface area contributed by atoms with Crippen molar-refractivity contribution in [1.29, 1.82) is 0 Å². The normalized spacial score (nSPS) is 16.5. The highest BCUT2D eigenvalue weighted by Crippen LogP contribution is 2.33. The number of amidine groups is 1. The minimum atomic E-state index is -0.413. The molecule has 2 aromatic carbocycles. The van der Waals surface area contributed by atoms with Gasteiger partial charge in [0, 0.05) is 21.1 Å². The zero-order valence-corrected chi connectivity index (χ0v) is 19.0. The summed E-state index contributed by atoms with van der Waals surface area (Å²) in [6.45, 7) is 2.04. The molecule has 0 bridgehead atoms. The largest absolute Gasteiger partial charge is 0.462 e. The predicted octanol–water partition coefficient (Wildman–Crippen LogP) is 3.29. The van der Waals surface area contributed by atoms with Gasteiger partial charge in [0.25, 0.3) is 5.91 Å². The van der Waals surface area contributed by atoms with Gasteiger partial charge in [-0.3, -0.25) is 18.8 Å². The van der Waals surface area contributed by atoms with Gasteiger partial charge in [-0.25, -0.2) is 14.6 Å². The molecule has 0 spiro atoms. The third-order valence-corrected chi connectivity index (χ3v) is 6.24. The first-order valence-electron chi connectivity index (χ1n) is 9.99. The number of fused-ring (bicyclic) bond motifs is 1. The van der Waals surface area contributed by atoms with Gasteiger partial charge >= 0.3 is 11.7 Å². The summed E-state index contributed by atoms with van der Waals surface area (Å²) in [5.41, 5.74) is 3.29. The molecule has 9 heteroatoms. The first kappa shape index (κ1) is 21.6. The van der Waals surface area contributed by atoms with Crippen LogP contribution in [0.2, 0.25) is 0 Å². The summed E-state index contributed by atoms with van der Waals surface area (Å²) in [6.07, 6.45) is 1.79. The second-order valence-corrected chi connectivity index (χ2v) is 8.30. The van der Waals surface area contributed by atoms with Crippen LogP contribution in [0.25, 0.3) is 17.1 Å². The predicted molar refractivity (Wildman–Crippen MR) is 126 cm³/mol. The molecule has 1 aliphatic heterocycles. The smallest absolute Gasteiger partial charge is 0.338 e. The lowest BCUT2D eigenvalue weighted by atomic mass is 10.2. The zero-order valence-electron chi connectivity index (χ0n) is 18.2. The van der Waals surface area contributed by atoms with E-state index in [1.54, 1.807) is 67.5 Å². The third kappa shape index (κ3) is 3.87. The summed E-state index contributed by atoms with van der Waals surface area (Å²) < 4.78 is 8.20. The highest BCUT2D eigenvalue weighted by atomic mass is 32.2. The summed E-state index contributed by atoms with van der Waals surface area (Å²) in [5.74, 6) is -0.582. The van der Waals surface area contributed by atoms with Crippen molar-refractivity contribution in [3.63, 3.8) is 0 Å². The Balaban J connectivity index is 1.64. The summed E-state index contributed by atoms with van der Waals surface area (Å²) in [5, 5.41) is 0.510. The second kappa shape index (κ2) is 8.51. The Morgan fingerprint density at radius 3 is 2.56 bits per heavy atom. The lowest BCUT2D eigenvalue weighted by Crippen LogP contribution is -2.23. The Morgan fingerprint density at radius 2 is 1.81 bits per heavy atom. The van der Waals surface area contributed by atoms with Crippen molar-refractivity contribution in [3.8, 4) is 0 Å². The molecule has 1 fully saturated rings. The zero-order chi connectivity index (χ0) is 23.0. The van der Waals surface area contributed by atoms with Crippen LogP contribution in [0.5, 0.6) is 0 Å². The van der Waals surface area contributed by atoms with Crippen LogP contribution in [0.1, 0.15) is 22.8 Å². The number of nitrogens with zero attached hydrogens (tertiary/aromatic N) is 4. The molecule has 0 atom stereocenters. The van der Waals surface area contributed by atoms with Gasteiger partial charge in [-0.05, 0) is 60.7 Å². The molecule has 4 rings (SSSR count). The van der Waals surface area contributed by atoms with Crippen molar-refractivity contribution >= 4 is 51.6 Å². The fourth-order valence-corrected chi connectivity index (χ4v) is 4.43. The summed E-state index contributed by atoms with van der Waals surface area (Å²) in [4.78, 5) is 43.5. The van der Waals surface area contributed by atoms with Crippen molar-refractivity contribution < 1.29 is 14.3 Å². The molecule has 1 saturated heterocycles. The third-order valence-electron chi connectivity index (χ3n) is 5.18. The monoisotopic (exact) mass is 450 g/mol. The molecule has 8 nitrogen and oxygen atoms in total. The van der Waals surface area contributed by atoms with Crippen molar-refractivity contribution in [2.45, 2.75) is 6.92 Å². The standard InChI is InChI=1S/C23H22N4O4S/c1-5-31-21(29)15-7-6-8-16(13-15)24-22-27(4)20(28)19(32-22)12-14-9-10-17-18(11-14)26(3)23(30)25(17)2/h6-13H,5H2,1-4H3. The van der Waals surface area contributed by atoms with Gasteiger partial charge in [0.05, 0.1) is 33.8 Å². The van der Waals surface area contributed by atoms with E-state index < -0.39 is 5.97 Å². The number of esters is 1. The molecule has 164 valence electrons. The number of thioether (sulfide) groups is 1. The topological polar surface area (TPSA) is 85.9 Å². The molecule has 1 aromatic heterocycles. The van der Waals surface area contributed by atoms with E-state index in [4.69, 9.17) is 4.74 Å². The van der Waals surface area contributed by atoms with Gasteiger partial charge in [-0.1, -0.05) is 12.1 Å². The summed E-state index contributed by atoms with van der Waals surface area (Å²) in [6, 6.07) is 12.4. The van der Waals surface area contributed by atoms with Crippen LogP contribution in [0.4, 0.5) is 5.69 Å². The van der Waals surface area contributed by atoms with Gasteiger partial charge in [0.2, 0.25) is 0 Å². The molecule has 0 N–H and O–H groups in total. The molecular weight excluding hydrogens is 428 g/mol. The highest BCUT2D eigenvalue weighted by Gasteiger charge is 2.30. The number of carbonyl (C=O) groups excluding carboxylic acids is 2.